The number of nitrogens with zero attached hydrogens (tertiary/aromatic N) is 1. The van der Waals surface area contributed by atoms with Gasteiger partial charge in [-0.2, -0.15) is 0 Å². The van der Waals surface area contributed by atoms with Gasteiger partial charge in [0.1, 0.15) is 0 Å². The van der Waals surface area contributed by atoms with Gasteiger partial charge in [0.2, 0.25) is 5.91 Å². The Balaban J connectivity index is 1.40. The maximum atomic E-state index is 12.4. The molecule has 1 saturated carbocycles. The number of Topliss-reactive ketones (excluding diaryl/α,β-unsaturated/α-hetero) is 1. The van der Waals surface area contributed by atoms with Gasteiger partial charge < -0.3 is 10.2 Å². The fourth-order valence-electron chi connectivity index (χ4n) is 4.72. The zero-order chi connectivity index (χ0) is 22.1. The standard InChI is InChI=1S/C27H36N2O2/c1-29(2)27(19-16-22-10-5-3-6-11-22)20-17-24(18-21-27)28-26(31)15-9-14-25(30)23-12-7-4-8-13-23/h3-8,10-13,24H,9,14-21H2,1-2H3,(H,28,31). The first-order valence-corrected chi connectivity index (χ1v) is 11.6. The number of hydrogen-bond acceptors (Lipinski definition) is 3. The highest BCUT2D eigenvalue weighted by molar-refractivity contribution is 5.96. The van der Waals surface area contributed by atoms with Gasteiger partial charge in [0.05, 0.1) is 0 Å². The lowest BCUT2D eigenvalue weighted by Crippen LogP contribution is -2.51. The highest BCUT2D eigenvalue weighted by Gasteiger charge is 2.37. The minimum absolute atomic E-state index is 0.0764. The highest BCUT2D eigenvalue weighted by atomic mass is 16.1. The maximum Gasteiger partial charge on any atom is 0.220 e. The van der Waals surface area contributed by atoms with Crippen molar-refractivity contribution < 1.29 is 9.59 Å². The monoisotopic (exact) mass is 420 g/mol. The van der Waals surface area contributed by atoms with Crippen molar-refractivity contribution >= 4 is 11.7 Å². The molecule has 0 aromatic heterocycles. The summed E-state index contributed by atoms with van der Waals surface area (Å²) in [4.78, 5) is 27.0. The van der Waals surface area contributed by atoms with Crippen LogP contribution in [-0.2, 0) is 11.2 Å². The van der Waals surface area contributed by atoms with Crippen LogP contribution in [-0.4, -0.2) is 42.3 Å². The highest BCUT2D eigenvalue weighted by Crippen LogP contribution is 2.36. The van der Waals surface area contributed by atoms with E-state index in [1.165, 1.54) is 5.56 Å². The van der Waals surface area contributed by atoms with Crippen molar-refractivity contribution in [3.05, 3.63) is 71.8 Å². The molecule has 1 aliphatic rings. The quantitative estimate of drug-likeness (QED) is 0.548. The Morgan fingerprint density at radius 3 is 2.16 bits per heavy atom. The first-order valence-electron chi connectivity index (χ1n) is 11.6. The summed E-state index contributed by atoms with van der Waals surface area (Å²) >= 11 is 0. The van der Waals surface area contributed by atoms with Gasteiger partial charge in [0, 0.05) is 30.0 Å². The third-order valence-corrected chi connectivity index (χ3v) is 6.86. The summed E-state index contributed by atoms with van der Waals surface area (Å²) in [7, 11) is 4.38. The third kappa shape index (κ3) is 6.76. The van der Waals surface area contributed by atoms with Crippen LogP contribution in [0.5, 0.6) is 0 Å². The summed E-state index contributed by atoms with van der Waals surface area (Å²) in [5, 5.41) is 3.21. The van der Waals surface area contributed by atoms with Gasteiger partial charge in [0.25, 0.3) is 0 Å². The zero-order valence-corrected chi connectivity index (χ0v) is 19.0. The second-order valence-corrected chi connectivity index (χ2v) is 9.09. The van der Waals surface area contributed by atoms with Crippen LogP contribution in [0.2, 0.25) is 0 Å². The van der Waals surface area contributed by atoms with Crippen molar-refractivity contribution in [1.29, 1.82) is 0 Å². The molecule has 3 rings (SSSR count). The van der Waals surface area contributed by atoms with E-state index in [-0.39, 0.29) is 23.3 Å². The number of ketones is 1. The average Bonchev–Trinajstić information content (AvgIpc) is 2.80. The molecule has 0 bridgehead atoms. The number of carbonyl (C=O) groups is 2. The Hall–Kier alpha value is -2.46. The van der Waals surface area contributed by atoms with E-state index in [1.54, 1.807) is 0 Å². The predicted molar refractivity (Wildman–Crippen MR) is 126 cm³/mol. The van der Waals surface area contributed by atoms with E-state index < -0.39 is 0 Å². The topological polar surface area (TPSA) is 49.4 Å². The van der Waals surface area contributed by atoms with Gasteiger partial charge in [-0.25, -0.2) is 0 Å². The molecule has 0 aliphatic heterocycles. The van der Waals surface area contributed by atoms with Crippen molar-refractivity contribution in [2.24, 2.45) is 0 Å². The fourth-order valence-corrected chi connectivity index (χ4v) is 4.72. The first-order chi connectivity index (χ1) is 15.0. The third-order valence-electron chi connectivity index (χ3n) is 6.86. The first kappa shape index (κ1) is 23.2. The Morgan fingerprint density at radius 2 is 1.55 bits per heavy atom. The van der Waals surface area contributed by atoms with Crippen molar-refractivity contribution in [2.45, 2.75) is 69.4 Å². The summed E-state index contributed by atoms with van der Waals surface area (Å²) in [6, 6.07) is 20.3. The SMILES string of the molecule is CN(C)C1(CCc2ccccc2)CCC(NC(=O)CCCC(=O)c2ccccc2)CC1. The Kier molecular flexibility index (Phi) is 8.42. The summed E-state index contributed by atoms with van der Waals surface area (Å²) < 4.78 is 0. The van der Waals surface area contributed by atoms with Gasteiger partial charge in [-0.3, -0.25) is 9.59 Å². The van der Waals surface area contributed by atoms with Crippen LogP contribution in [0.15, 0.2) is 60.7 Å². The predicted octanol–water partition coefficient (Wildman–Crippen LogP) is 5.03. The van der Waals surface area contributed by atoms with Gasteiger partial charge in [-0.1, -0.05) is 60.7 Å². The molecular formula is C27H36N2O2. The second kappa shape index (κ2) is 11.2. The normalized spacial score (nSPS) is 21.1. The molecule has 0 spiro atoms. The van der Waals surface area contributed by atoms with Crippen molar-refractivity contribution in [2.75, 3.05) is 14.1 Å². The van der Waals surface area contributed by atoms with Crippen LogP contribution in [0.4, 0.5) is 0 Å². The van der Waals surface area contributed by atoms with Crippen molar-refractivity contribution in [3.8, 4) is 0 Å². The molecule has 0 atom stereocenters. The van der Waals surface area contributed by atoms with Crippen molar-refractivity contribution in [3.63, 3.8) is 0 Å². The number of benzene rings is 2. The number of amides is 1. The lowest BCUT2D eigenvalue weighted by Gasteiger charge is -2.45. The largest absolute Gasteiger partial charge is 0.353 e. The number of carbonyl (C=O) groups excluding carboxylic acids is 2. The minimum Gasteiger partial charge on any atom is -0.353 e. The van der Waals surface area contributed by atoms with E-state index in [2.05, 4.69) is 54.6 Å². The molecule has 4 heteroatoms. The van der Waals surface area contributed by atoms with Crippen LogP contribution in [0, 0.1) is 0 Å². The van der Waals surface area contributed by atoms with E-state index in [0.717, 1.165) is 44.1 Å². The molecular weight excluding hydrogens is 384 g/mol. The molecule has 1 fully saturated rings. The minimum atomic E-state index is 0.0764. The zero-order valence-electron chi connectivity index (χ0n) is 19.0. The van der Waals surface area contributed by atoms with Crippen LogP contribution < -0.4 is 5.32 Å². The van der Waals surface area contributed by atoms with Crippen LogP contribution in [0.1, 0.15) is 67.3 Å². The molecule has 0 unspecified atom stereocenters. The summed E-state index contributed by atoms with van der Waals surface area (Å²) in [5.74, 6) is 0.188. The van der Waals surface area contributed by atoms with Crippen molar-refractivity contribution in [1.82, 2.24) is 10.2 Å². The van der Waals surface area contributed by atoms with Gasteiger partial charge >= 0.3 is 0 Å². The molecule has 0 radical (unpaired) electrons. The molecule has 1 amide bonds. The van der Waals surface area contributed by atoms with Crippen LogP contribution in [0.3, 0.4) is 0 Å². The Labute approximate surface area is 187 Å². The Morgan fingerprint density at radius 1 is 0.935 bits per heavy atom. The fraction of sp³-hybridized carbons (Fsp3) is 0.481. The van der Waals surface area contributed by atoms with E-state index in [4.69, 9.17) is 0 Å². The molecule has 4 nitrogen and oxygen atoms in total. The molecule has 2 aromatic rings. The van der Waals surface area contributed by atoms with E-state index >= 15 is 0 Å². The van der Waals surface area contributed by atoms with E-state index in [1.807, 2.05) is 30.3 Å². The smallest absolute Gasteiger partial charge is 0.220 e. The number of aryl methyl sites for hydroxylation is 1. The summed E-state index contributed by atoms with van der Waals surface area (Å²) in [6.07, 6.45) is 7.91. The number of rotatable bonds is 10. The van der Waals surface area contributed by atoms with E-state index in [9.17, 15) is 9.59 Å². The van der Waals surface area contributed by atoms with Gasteiger partial charge in [-0.05, 0) is 64.6 Å². The molecule has 0 saturated heterocycles. The summed E-state index contributed by atoms with van der Waals surface area (Å²) in [5.41, 5.74) is 2.33. The molecule has 2 aromatic carbocycles. The molecule has 1 N–H and O–H groups in total. The average molecular weight is 421 g/mol. The maximum absolute atomic E-state index is 12.4. The van der Waals surface area contributed by atoms with E-state index in [0.29, 0.717) is 19.3 Å². The molecule has 166 valence electrons. The molecule has 1 aliphatic carbocycles. The number of nitrogens with one attached hydrogen (secondary N) is 1. The van der Waals surface area contributed by atoms with Crippen LogP contribution >= 0.6 is 0 Å². The van der Waals surface area contributed by atoms with Gasteiger partial charge in [0.15, 0.2) is 5.78 Å². The second-order valence-electron chi connectivity index (χ2n) is 9.09. The number of hydrogen-bond donors (Lipinski definition) is 1. The Bertz CT molecular complexity index is 825. The van der Waals surface area contributed by atoms with Gasteiger partial charge in [-0.15, -0.1) is 0 Å². The van der Waals surface area contributed by atoms with Crippen LogP contribution in [0.25, 0.3) is 0 Å². The summed E-state index contributed by atoms with van der Waals surface area (Å²) in [6.45, 7) is 0. The lowest BCUT2D eigenvalue weighted by atomic mass is 9.75. The molecule has 0 heterocycles. The lowest BCUT2D eigenvalue weighted by molar-refractivity contribution is -0.122. The molecule has 31 heavy (non-hydrogen) atoms.